The average Bonchev–Trinajstić information content (AvgIpc) is 3.18. The fraction of sp³-hybridized carbons (Fsp3) is 0.688. The van der Waals surface area contributed by atoms with Crippen LogP contribution >= 0.6 is 0 Å². The van der Waals surface area contributed by atoms with Crippen molar-refractivity contribution in [1.82, 2.24) is 19.5 Å². The van der Waals surface area contributed by atoms with E-state index in [-0.39, 0.29) is 6.61 Å². The van der Waals surface area contributed by atoms with E-state index in [1.165, 1.54) is 31.9 Å². The average molecular weight is 349 g/mol. The fourth-order valence-electron chi connectivity index (χ4n) is 3.69. The first-order valence-corrected chi connectivity index (χ1v) is 8.75. The Morgan fingerprint density at radius 1 is 1.12 bits per heavy atom. The van der Waals surface area contributed by atoms with E-state index < -0.39 is 24.5 Å². The SMILES string of the molecule is OC[C@H]1O[C@@H](n2cnc3c(NC4CCCCC4)ncnc32)C(O)C1O. The summed E-state index contributed by atoms with van der Waals surface area (Å²) in [4.78, 5) is 13.0. The van der Waals surface area contributed by atoms with Gasteiger partial charge in [-0.25, -0.2) is 15.0 Å². The summed E-state index contributed by atoms with van der Waals surface area (Å²) >= 11 is 0. The molecule has 25 heavy (non-hydrogen) atoms. The third-order valence-corrected chi connectivity index (χ3v) is 5.10. The van der Waals surface area contributed by atoms with E-state index >= 15 is 0 Å². The Kier molecular flexibility index (Phi) is 4.55. The molecule has 0 bridgehead atoms. The van der Waals surface area contributed by atoms with Gasteiger partial charge in [-0.3, -0.25) is 4.57 Å². The highest BCUT2D eigenvalue weighted by Crippen LogP contribution is 2.32. The number of nitrogens with zero attached hydrogens (tertiary/aromatic N) is 4. The van der Waals surface area contributed by atoms with Gasteiger partial charge in [-0.15, -0.1) is 0 Å². The highest BCUT2D eigenvalue weighted by molar-refractivity contribution is 5.82. The molecule has 0 radical (unpaired) electrons. The molecule has 4 N–H and O–H groups in total. The van der Waals surface area contributed by atoms with Crippen LogP contribution in [0.3, 0.4) is 0 Å². The Morgan fingerprint density at radius 2 is 1.92 bits per heavy atom. The molecule has 0 spiro atoms. The van der Waals surface area contributed by atoms with Gasteiger partial charge in [-0.1, -0.05) is 19.3 Å². The molecule has 3 heterocycles. The zero-order valence-electron chi connectivity index (χ0n) is 13.8. The van der Waals surface area contributed by atoms with Gasteiger partial charge in [-0.2, -0.15) is 0 Å². The van der Waals surface area contributed by atoms with Crippen molar-refractivity contribution in [2.24, 2.45) is 0 Å². The summed E-state index contributed by atoms with van der Waals surface area (Å²) in [6, 6.07) is 0.380. The van der Waals surface area contributed by atoms with Gasteiger partial charge in [0.1, 0.15) is 24.6 Å². The lowest BCUT2D eigenvalue weighted by Gasteiger charge is -2.23. The van der Waals surface area contributed by atoms with Crippen LogP contribution in [0.15, 0.2) is 12.7 Å². The lowest BCUT2D eigenvalue weighted by Crippen LogP contribution is -2.33. The molecule has 2 aliphatic rings. The number of hydrogen-bond donors (Lipinski definition) is 4. The highest BCUT2D eigenvalue weighted by Gasteiger charge is 2.44. The molecule has 2 unspecified atom stereocenters. The van der Waals surface area contributed by atoms with Crippen LogP contribution < -0.4 is 5.32 Å². The van der Waals surface area contributed by atoms with Crippen LogP contribution in [0.1, 0.15) is 38.3 Å². The topological polar surface area (TPSA) is 126 Å². The van der Waals surface area contributed by atoms with Gasteiger partial charge in [0, 0.05) is 6.04 Å². The quantitative estimate of drug-likeness (QED) is 0.616. The standard InChI is InChI=1S/C16H23N5O4/c22-6-10-12(23)13(24)16(25-10)21-8-19-11-14(17-7-18-15(11)21)20-9-4-2-1-3-5-9/h7-10,12-13,16,22-24H,1-6H2,(H,17,18,20)/t10-,12?,13?,16-/m1/s1. The van der Waals surface area contributed by atoms with E-state index in [9.17, 15) is 15.3 Å². The first-order chi connectivity index (χ1) is 12.2. The van der Waals surface area contributed by atoms with Crippen LogP contribution in [0.2, 0.25) is 0 Å². The Morgan fingerprint density at radius 3 is 2.64 bits per heavy atom. The number of anilines is 1. The van der Waals surface area contributed by atoms with Crippen LogP contribution in [0.5, 0.6) is 0 Å². The second-order valence-electron chi connectivity index (χ2n) is 6.75. The molecule has 4 atom stereocenters. The zero-order valence-corrected chi connectivity index (χ0v) is 13.8. The van der Waals surface area contributed by atoms with Gasteiger partial charge in [0.2, 0.25) is 0 Å². The molecule has 2 aromatic heterocycles. The first-order valence-electron chi connectivity index (χ1n) is 8.75. The molecule has 9 nitrogen and oxygen atoms in total. The van der Waals surface area contributed by atoms with Crippen molar-refractivity contribution in [3.8, 4) is 0 Å². The van der Waals surface area contributed by atoms with Crippen LogP contribution in [-0.4, -0.2) is 65.8 Å². The van der Waals surface area contributed by atoms with Crippen molar-refractivity contribution in [2.75, 3.05) is 11.9 Å². The highest BCUT2D eigenvalue weighted by atomic mass is 16.6. The molecule has 2 fully saturated rings. The molecule has 2 aromatic rings. The second kappa shape index (κ2) is 6.83. The summed E-state index contributed by atoms with van der Waals surface area (Å²) < 4.78 is 7.15. The maximum atomic E-state index is 10.2. The predicted molar refractivity (Wildman–Crippen MR) is 88.8 cm³/mol. The fourth-order valence-corrected chi connectivity index (χ4v) is 3.69. The van der Waals surface area contributed by atoms with Crippen molar-refractivity contribution in [1.29, 1.82) is 0 Å². The lowest BCUT2D eigenvalue weighted by atomic mass is 9.95. The van der Waals surface area contributed by atoms with Crippen molar-refractivity contribution in [2.45, 2.75) is 62.7 Å². The predicted octanol–water partition coefficient (Wildman–Crippen LogP) is 0.182. The number of nitrogens with one attached hydrogen (secondary N) is 1. The Balaban J connectivity index is 1.62. The van der Waals surface area contributed by atoms with Crippen LogP contribution in [0, 0.1) is 0 Å². The maximum absolute atomic E-state index is 10.2. The molecule has 9 heteroatoms. The van der Waals surface area contributed by atoms with E-state index in [2.05, 4.69) is 20.3 Å². The first kappa shape index (κ1) is 16.6. The van der Waals surface area contributed by atoms with Gasteiger partial charge in [0.05, 0.1) is 12.9 Å². The monoisotopic (exact) mass is 349 g/mol. The van der Waals surface area contributed by atoms with E-state index in [1.54, 1.807) is 4.57 Å². The van der Waals surface area contributed by atoms with E-state index in [0.717, 1.165) is 12.8 Å². The summed E-state index contributed by atoms with van der Waals surface area (Å²) in [6.45, 7) is -0.370. The number of aliphatic hydroxyl groups excluding tert-OH is 3. The van der Waals surface area contributed by atoms with Gasteiger partial charge in [0.15, 0.2) is 23.2 Å². The number of imidazole rings is 1. The molecule has 0 aromatic carbocycles. The molecule has 1 saturated carbocycles. The molecule has 4 rings (SSSR count). The molecular formula is C16H23N5O4. The molecule has 136 valence electrons. The van der Waals surface area contributed by atoms with Crippen molar-refractivity contribution in [3.63, 3.8) is 0 Å². The van der Waals surface area contributed by atoms with Crippen LogP contribution in [0.4, 0.5) is 5.82 Å². The number of fused-ring (bicyclic) bond motifs is 1. The minimum absolute atomic E-state index is 0.370. The second-order valence-corrected chi connectivity index (χ2v) is 6.75. The summed E-state index contributed by atoms with van der Waals surface area (Å²) in [5.41, 5.74) is 1.12. The number of hydrogen-bond acceptors (Lipinski definition) is 8. The van der Waals surface area contributed by atoms with E-state index in [4.69, 9.17) is 4.74 Å². The normalized spacial score (nSPS) is 30.8. The smallest absolute Gasteiger partial charge is 0.167 e. The summed E-state index contributed by atoms with van der Waals surface area (Å²) in [5.74, 6) is 0.669. The number of aliphatic hydroxyl groups is 3. The van der Waals surface area contributed by atoms with Crippen LogP contribution in [0.25, 0.3) is 11.2 Å². The third-order valence-electron chi connectivity index (χ3n) is 5.10. The Hall–Kier alpha value is -1.81. The maximum Gasteiger partial charge on any atom is 0.167 e. The number of rotatable bonds is 4. The van der Waals surface area contributed by atoms with Gasteiger partial charge >= 0.3 is 0 Å². The molecular weight excluding hydrogens is 326 g/mol. The van der Waals surface area contributed by atoms with Gasteiger partial charge < -0.3 is 25.4 Å². The minimum Gasteiger partial charge on any atom is -0.394 e. The third kappa shape index (κ3) is 2.97. The van der Waals surface area contributed by atoms with Crippen LogP contribution in [-0.2, 0) is 4.74 Å². The zero-order chi connectivity index (χ0) is 17.4. The van der Waals surface area contributed by atoms with E-state index in [1.807, 2.05) is 0 Å². The number of ether oxygens (including phenoxy) is 1. The summed E-state index contributed by atoms with van der Waals surface area (Å²) in [5, 5.41) is 32.9. The summed E-state index contributed by atoms with van der Waals surface area (Å²) in [6.07, 6.45) is 4.88. The molecule has 1 aliphatic carbocycles. The molecule has 1 aliphatic heterocycles. The van der Waals surface area contributed by atoms with Gasteiger partial charge in [-0.05, 0) is 12.8 Å². The van der Waals surface area contributed by atoms with Crippen molar-refractivity contribution >= 4 is 17.0 Å². The molecule has 0 amide bonds. The van der Waals surface area contributed by atoms with Crippen molar-refractivity contribution < 1.29 is 20.1 Å². The van der Waals surface area contributed by atoms with Gasteiger partial charge in [0.25, 0.3) is 0 Å². The molecule has 1 saturated heterocycles. The Bertz CT molecular complexity index is 732. The lowest BCUT2D eigenvalue weighted by molar-refractivity contribution is -0.0511. The van der Waals surface area contributed by atoms with E-state index in [0.29, 0.717) is 23.0 Å². The number of aromatic nitrogens is 4. The largest absolute Gasteiger partial charge is 0.394 e. The van der Waals surface area contributed by atoms with Crippen molar-refractivity contribution in [3.05, 3.63) is 12.7 Å². The Labute approximate surface area is 144 Å². The summed E-state index contributed by atoms with van der Waals surface area (Å²) in [7, 11) is 0. The minimum atomic E-state index is -1.17.